The van der Waals surface area contributed by atoms with Crippen molar-refractivity contribution in [2.24, 2.45) is 11.3 Å². The number of cyclic esters (lactones) is 1. The normalized spacial score (nSPS) is 30.8. The van der Waals surface area contributed by atoms with Gasteiger partial charge in [0.25, 0.3) is 0 Å². The molecule has 0 bridgehead atoms. The Hall–Kier alpha value is -1.88. The number of carbonyl (C=O) groups excluding carboxylic acids is 2. The highest BCUT2D eigenvalue weighted by molar-refractivity contribution is 6.02. The van der Waals surface area contributed by atoms with Crippen LogP contribution in [-0.2, 0) is 30.4 Å². The number of ether oxygens (including phenoxy) is 3. The molecule has 1 aliphatic carbocycles. The lowest BCUT2D eigenvalue weighted by Gasteiger charge is -2.20. The number of carbonyl (C=O) groups is 2. The van der Waals surface area contributed by atoms with Crippen molar-refractivity contribution in [1.29, 1.82) is 0 Å². The molecule has 1 aromatic carbocycles. The van der Waals surface area contributed by atoms with Gasteiger partial charge >= 0.3 is 11.9 Å². The van der Waals surface area contributed by atoms with Crippen LogP contribution in [0.25, 0.3) is 0 Å². The zero-order valence-electron chi connectivity index (χ0n) is 11.9. The number of hydrogen-bond donors (Lipinski definition) is 0. The van der Waals surface area contributed by atoms with Crippen LogP contribution in [0.5, 0.6) is 0 Å². The van der Waals surface area contributed by atoms with Gasteiger partial charge in [0, 0.05) is 12.3 Å². The molecule has 0 N–H and O–H groups in total. The van der Waals surface area contributed by atoms with E-state index in [1.165, 1.54) is 7.11 Å². The Morgan fingerprint density at radius 3 is 2.86 bits per heavy atom. The van der Waals surface area contributed by atoms with Crippen LogP contribution in [0, 0.1) is 11.3 Å². The standard InChI is InChI=1S/C16H18O5/c1-19-14(17)16-8-13(7-12(16)10-21-15(16)18)20-9-11-5-3-2-4-6-11/h2-6,12-13H,7-10H2,1H3/t12-,13-,16-/m1/s1. The van der Waals surface area contributed by atoms with Crippen LogP contribution >= 0.6 is 0 Å². The molecule has 3 rings (SSSR count). The van der Waals surface area contributed by atoms with Gasteiger partial charge < -0.3 is 14.2 Å². The molecule has 1 aromatic rings. The van der Waals surface area contributed by atoms with Crippen LogP contribution < -0.4 is 0 Å². The summed E-state index contributed by atoms with van der Waals surface area (Å²) in [5, 5.41) is 0. The van der Waals surface area contributed by atoms with Crippen LogP contribution in [-0.4, -0.2) is 31.8 Å². The lowest BCUT2D eigenvalue weighted by Crippen LogP contribution is -2.39. The summed E-state index contributed by atoms with van der Waals surface area (Å²) in [4.78, 5) is 24.1. The molecule has 1 saturated carbocycles. The average molecular weight is 290 g/mol. The second kappa shape index (κ2) is 5.48. The number of hydrogen-bond acceptors (Lipinski definition) is 5. The Bertz CT molecular complexity index is 541. The maximum Gasteiger partial charge on any atom is 0.324 e. The highest BCUT2D eigenvalue weighted by Gasteiger charge is 2.64. The molecule has 0 amide bonds. The van der Waals surface area contributed by atoms with Crippen LogP contribution in [0.4, 0.5) is 0 Å². The Labute approximate surface area is 123 Å². The minimum Gasteiger partial charge on any atom is -0.468 e. The zero-order valence-corrected chi connectivity index (χ0v) is 11.9. The molecule has 3 atom stereocenters. The van der Waals surface area contributed by atoms with Gasteiger partial charge in [0.15, 0.2) is 5.41 Å². The largest absolute Gasteiger partial charge is 0.468 e. The fourth-order valence-corrected chi connectivity index (χ4v) is 3.32. The summed E-state index contributed by atoms with van der Waals surface area (Å²) in [6.07, 6.45) is 0.867. The van der Waals surface area contributed by atoms with Crippen molar-refractivity contribution in [2.45, 2.75) is 25.6 Å². The summed E-state index contributed by atoms with van der Waals surface area (Å²) in [5.74, 6) is -1.11. The van der Waals surface area contributed by atoms with Gasteiger partial charge in [0.1, 0.15) is 0 Å². The molecule has 0 unspecified atom stereocenters. The Kier molecular flexibility index (Phi) is 3.68. The Balaban J connectivity index is 1.69. The molecule has 0 aromatic heterocycles. The van der Waals surface area contributed by atoms with Crippen molar-refractivity contribution in [3.8, 4) is 0 Å². The van der Waals surface area contributed by atoms with Gasteiger partial charge in [-0.05, 0) is 12.0 Å². The summed E-state index contributed by atoms with van der Waals surface area (Å²) >= 11 is 0. The first-order valence-corrected chi connectivity index (χ1v) is 7.08. The number of benzene rings is 1. The van der Waals surface area contributed by atoms with Gasteiger partial charge in [0.2, 0.25) is 0 Å². The second-order valence-electron chi connectivity index (χ2n) is 5.62. The molecular formula is C16H18O5. The van der Waals surface area contributed by atoms with E-state index in [0.29, 0.717) is 19.4 Å². The summed E-state index contributed by atoms with van der Waals surface area (Å²) in [5.41, 5.74) is -0.0833. The van der Waals surface area contributed by atoms with E-state index in [0.717, 1.165) is 5.56 Å². The predicted octanol–water partition coefficient (Wildman–Crippen LogP) is 1.70. The predicted molar refractivity (Wildman–Crippen MR) is 73.2 cm³/mol. The van der Waals surface area contributed by atoms with E-state index in [9.17, 15) is 9.59 Å². The summed E-state index contributed by atoms with van der Waals surface area (Å²) in [6.45, 7) is 0.754. The van der Waals surface area contributed by atoms with Crippen molar-refractivity contribution in [2.75, 3.05) is 13.7 Å². The van der Waals surface area contributed by atoms with Crippen molar-refractivity contribution >= 4 is 11.9 Å². The first kappa shape index (κ1) is 14.1. The molecule has 1 saturated heterocycles. The van der Waals surface area contributed by atoms with E-state index < -0.39 is 17.4 Å². The van der Waals surface area contributed by atoms with Gasteiger partial charge in [-0.3, -0.25) is 9.59 Å². The molecule has 112 valence electrons. The number of esters is 2. The second-order valence-corrected chi connectivity index (χ2v) is 5.62. The number of methoxy groups -OCH3 is 1. The fraction of sp³-hybridized carbons (Fsp3) is 0.500. The van der Waals surface area contributed by atoms with E-state index in [1.54, 1.807) is 0 Å². The third-order valence-electron chi connectivity index (χ3n) is 4.45. The molecule has 2 fully saturated rings. The lowest BCUT2D eigenvalue weighted by molar-refractivity contribution is -0.164. The Morgan fingerprint density at radius 2 is 2.14 bits per heavy atom. The highest BCUT2D eigenvalue weighted by Crippen LogP contribution is 2.50. The molecule has 5 nitrogen and oxygen atoms in total. The van der Waals surface area contributed by atoms with Gasteiger partial charge in [-0.2, -0.15) is 0 Å². The van der Waals surface area contributed by atoms with Gasteiger partial charge in [0.05, 0.1) is 26.4 Å². The Morgan fingerprint density at radius 1 is 1.38 bits per heavy atom. The summed E-state index contributed by atoms with van der Waals surface area (Å²) < 4.78 is 15.8. The first-order chi connectivity index (χ1) is 10.2. The molecule has 2 aliphatic rings. The van der Waals surface area contributed by atoms with E-state index >= 15 is 0 Å². The smallest absolute Gasteiger partial charge is 0.324 e. The monoisotopic (exact) mass is 290 g/mol. The number of rotatable bonds is 4. The van der Waals surface area contributed by atoms with E-state index in [2.05, 4.69) is 0 Å². The SMILES string of the molecule is COC(=O)[C@@]12C[C@H](OCc3ccccc3)C[C@@H]1COC2=O. The lowest BCUT2D eigenvalue weighted by atomic mass is 9.80. The molecule has 1 aliphatic heterocycles. The quantitative estimate of drug-likeness (QED) is 0.624. The van der Waals surface area contributed by atoms with Crippen molar-refractivity contribution in [3.63, 3.8) is 0 Å². The van der Waals surface area contributed by atoms with Crippen molar-refractivity contribution in [3.05, 3.63) is 35.9 Å². The minimum absolute atomic E-state index is 0.123. The number of fused-ring (bicyclic) bond motifs is 1. The maximum absolute atomic E-state index is 12.1. The van der Waals surface area contributed by atoms with Crippen LogP contribution in [0.3, 0.4) is 0 Å². The maximum atomic E-state index is 12.1. The van der Waals surface area contributed by atoms with Crippen molar-refractivity contribution < 1.29 is 23.8 Å². The van der Waals surface area contributed by atoms with Gasteiger partial charge in [-0.15, -0.1) is 0 Å². The molecule has 0 spiro atoms. The topological polar surface area (TPSA) is 61.8 Å². The van der Waals surface area contributed by atoms with Crippen molar-refractivity contribution in [1.82, 2.24) is 0 Å². The first-order valence-electron chi connectivity index (χ1n) is 7.08. The third-order valence-corrected chi connectivity index (χ3v) is 4.45. The van der Waals surface area contributed by atoms with Gasteiger partial charge in [-0.25, -0.2) is 0 Å². The third kappa shape index (κ3) is 2.31. The average Bonchev–Trinajstić information content (AvgIpc) is 3.03. The van der Waals surface area contributed by atoms with Crippen LogP contribution in [0.1, 0.15) is 18.4 Å². The zero-order chi connectivity index (χ0) is 14.9. The molecular weight excluding hydrogens is 272 g/mol. The highest BCUT2D eigenvalue weighted by atomic mass is 16.6. The van der Waals surface area contributed by atoms with E-state index in [4.69, 9.17) is 14.2 Å². The molecule has 5 heteroatoms. The molecule has 1 heterocycles. The molecule has 21 heavy (non-hydrogen) atoms. The molecule has 0 radical (unpaired) electrons. The van der Waals surface area contributed by atoms with Crippen LogP contribution in [0.15, 0.2) is 30.3 Å². The van der Waals surface area contributed by atoms with E-state index in [-0.39, 0.29) is 18.6 Å². The summed E-state index contributed by atoms with van der Waals surface area (Å²) in [6, 6.07) is 9.83. The van der Waals surface area contributed by atoms with E-state index in [1.807, 2.05) is 30.3 Å². The minimum atomic E-state index is -1.16. The van der Waals surface area contributed by atoms with Crippen LogP contribution in [0.2, 0.25) is 0 Å². The van der Waals surface area contributed by atoms with Gasteiger partial charge in [-0.1, -0.05) is 30.3 Å². The fourth-order valence-electron chi connectivity index (χ4n) is 3.32. The summed E-state index contributed by atoms with van der Waals surface area (Å²) in [7, 11) is 1.30.